The van der Waals surface area contributed by atoms with Gasteiger partial charge in [0, 0.05) is 81.8 Å². The van der Waals surface area contributed by atoms with Crippen LogP contribution < -0.4 is 9.80 Å². The van der Waals surface area contributed by atoms with E-state index in [1.165, 1.54) is 5.56 Å². The van der Waals surface area contributed by atoms with Gasteiger partial charge >= 0.3 is 0 Å². The average molecular weight is 466 g/mol. The minimum atomic E-state index is 0.794. The summed E-state index contributed by atoms with van der Waals surface area (Å²) in [6, 6.07) is 10.4. The lowest BCUT2D eigenvalue weighted by molar-refractivity contribution is 0.768. The summed E-state index contributed by atoms with van der Waals surface area (Å²) in [6.45, 7) is 3.58. The monoisotopic (exact) mass is 465 g/mol. The molecule has 0 spiro atoms. The molecule has 1 aliphatic rings. The van der Waals surface area contributed by atoms with Gasteiger partial charge in [0.15, 0.2) is 5.65 Å². The minimum Gasteiger partial charge on any atom is -0.365 e. The van der Waals surface area contributed by atoms with Gasteiger partial charge in [0.05, 0.1) is 12.4 Å². The molecule has 0 radical (unpaired) electrons. The summed E-state index contributed by atoms with van der Waals surface area (Å²) in [6.07, 6.45) is 15.4. The Kier molecular flexibility index (Phi) is 5.57. The van der Waals surface area contributed by atoms with E-state index in [1.807, 2.05) is 61.0 Å². The van der Waals surface area contributed by atoms with Gasteiger partial charge in [0.1, 0.15) is 5.69 Å². The maximum atomic E-state index is 4.74. The van der Waals surface area contributed by atoms with E-state index in [1.54, 1.807) is 4.68 Å². The van der Waals surface area contributed by atoms with Crippen LogP contribution in [0, 0.1) is 0 Å². The summed E-state index contributed by atoms with van der Waals surface area (Å²) >= 11 is 0. The van der Waals surface area contributed by atoms with E-state index < -0.39 is 0 Å². The van der Waals surface area contributed by atoms with Crippen LogP contribution in [-0.4, -0.2) is 60.5 Å². The summed E-state index contributed by atoms with van der Waals surface area (Å²) in [5, 5.41) is 8.84. The van der Waals surface area contributed by atoms with Crippen LogP contribution >= 0.6 is 0 Å². The molecule has 5 heterocycles. The van der Waals surface area contributed by atoms with E-state index in [4.69, 9.17) is 4.98 Å². The number of hydrogen-bond donors (Lipinski definition) is 0. The fraction of sp³-hybridized carbons (Fsp3) is 0.269. The van der Waals surface area contributed by atoms with Crippen molar-refractivity contribution >= 4 is 17.3 Å². The Morgan fingerprint density at radius 3 is 2.29 bits per heavy atom. The SMILES string of the molecule is Cn1cc(-c2cnc3c(N4CCCN(c5ncc(Cc6ccccc6)cn5)CC4)cnn3c2)cn1. The molecule has 9 heteroatoms. The predicted molar refractivity (Wildman–Crippen MR) is 136 cm³/mol. The van der Waals surface area contributed by atoms with Gasteiger partial charge in [0.25, 0.3) is 0 Å². The number of nitrogens with zero attached hydrogens (tertiary/aromatic N) is 9. The zero-order valence-electron chi connectivity index (χ0n) is 19.7. The van der Waals surface area contributed by atoms with Gasteiger partial charge in [-0.05, 0) is 17.5 Å². The molecule has 6 rings (SSSR count). The first-order chi connectivity index (χ1) is 17.2. The number of fused-ring (bicyclic) bond motifs is 1. The lowest BCUT2D eigenvalue weighted by Crippen LogP contribution is -2.31. The highest BCUT2D eigenvalue weighted by molar-refractivity contribution is 5.70. The highest BCUT2D eigenvalue weighted by Crippen LogP contribution is 2.25. The summed E-state index contributed by atoms with van der Waals surface area (Å²) in [5.74, 6) is 0.794. The molecule has 0 N–H and O–H groups in total. The zero-order chi connectivity index (χ0) is 23.6. The summed E-state index contributed by atoms with van der Waals surface area (Å²) in [7, 11) is 1.91. The molecular formula is C26H27N9. The van der Waals surface area contributed by atoms with E-state index in [0.29, 0.717) is 0 Å². The first-order valence-electron chi connectivity index (χ1n) is 11.9. The first kappa shape index (κ1) is 21.3. The molecule has 0 aliphatic carbocycles. The van der Waals surface area contributed by atoms with Crippen molar-refractivity contribution in [3.05, 3.63) is 84.8 Å². The Hall–Kier alpha value is -4.27. The summed E-state index contributed by atoms with van der Waals surface area (Å²) in [5.41, 5.74) is 6.34. The van der Waals surface area contributed by atoms with Crippen LogP contribution in [0.1, 0.15) is 17.5 Å². The Morgan fingerprint density at radius 2 is 1.49 bits per heavy atom. The van der Waals surface area contributed by atoms with Gasteiger partial charge in [-0.25, -0.2) is 19.5 Å². The maximum Gasteiger partial charge on any atom is 0.225 e. The molecule has 0 bridgehead atoms. The number of benzene rings is 1. The van der Waals surface area contributed by atoms with Crippen molar-refractivity contribution in [2.75, 3.05) is 36.0 Å². The third-order valence-electron chi connectivity index (χ3n) is 6.44. The van der Waals surface area contributed by atoms with Crippen LogP contribution in [0.5, 0.6) is 0 Å². The van der Waals surface area contributed by atoms with Gasteiger partial charge in [-0.2, -0.15) is 10.2 Å². The largest absolute Gasteiger partial charge is 0.365 e. The normalized spacial score (nSPS) is 14.4. The molecule has 35 heavy (non-hydrogen) atoms. The molecule has 0 unspecified atom stereocenters. The Morgan fingerprint density at radius 1 is 0.714 bits per heavy atom. The standard InChI is InChI=1S/C26H27N9/c1-32-18-23(16-30-32)22-15-27-25-24(17-31-35(25)19-22)33-8-5-9-34(11-10-33)26-28-13-21(14-29-26)12-20-6-3-2-4-7-20/h2-4,6-7,13-19H,5,8-12H2,1H3. The van der Waals surface area contributed by atoms with Crippen LogP contribution in [0.2, 0.25) is 0 Å². The quantitative estimate of drug-likeness (QED) is 0.394. The topological polar surface area (TPSA) is 80.3 Å². The molecular weight excluding hydrogens is 438 g/mol. The third-order valence-corrected chi connectivity index (χ3v) is 6.44. The van der Waals surface area contributed by atoms with Crippen LogP contribution in [0.3, 0.4) is 0 Å². The fourth-order valence-electron chi connectivity index (χ4n) is 4.60. The van der Waals surface area contributed by atoms with Crippen LogP contribution in [0.25, 0.3) is 16.8 Å². The highest BCUT2D eigenvalue weighted by atomic mass is 15.3. The molecule has 0 atom stereocenters. The number of hydrogen-bond acceptors (Lipinski definition) is 7. The third kappa shape index (κ3) is 4.44. The Balaban J connectivity index is 1.15. The number of aromatic nitrogens is 7. The molecule has 4 aromatic heterocycles. The molecule has 9 nitrogen and oxygen atoms in total. The molecule has 1 aromatic carbocycles. The van der Waals surface area contributed by atoms with Crippen molar-refractivity contribution < 1.29 is 0 Å². The minimum absolute atomic E-state index is 0.794. The number of rotatable bonds is 5. The van der Waals surface area contributed by atoms with Crippen LogP contribution in [-0.2, 0) is 13.5 Å². The van der Waals surface area contributed by atoms with E-state index in [-0.39, 0.29) is 0 Å². The van der Waals surface area contributed by atoms with Gasteiger partial charge in [0.2, 0.25) is 5.95 Å². The van der Waals surface area contributed by atoms with Crippen molar-refractivity contribution in [2.24, 2.45) is 7.05 Å². The van der Waals surface area contributed by atoms with E-state index >= 15 is 0 Å². The van der Waals surface area contributed by atoms with Crippen molar-refractivity contribution in [3.8, 4) is 11.1 Å². The maximum absolute atomic E-state index is 4.74. The van der Waals surface area contributed by atoms with Gasteiger partial charge < -0.3 is 9.80 Å². The smallest absolute Gasteiger partial charge is 0.225 e. The molecule has 5 aromatic rings. The average Bonchev–Trinajstić information content (AvgIpc) is 3.44. The fourth-order valence-corrected chi connectivity index (χ4v) is 4.60. The summed E-state index contributed by atoms with van der Waals surface area (Å²) in [4.78, 5) is 18.7. The number of aryl methyl sites for hydroxylation is 1. The lowest BCUT2D eigenvalue weighted by Gasteiger charge is -2.22. The number of anilines is 2. The second kappa shape index (κ2) is 9.17. The van der Waals surface area contributed by atoms with E-state index in [0.717, 1.165) is 73.0 Å². The highest BCUT2D eigenvalue weighted by Gasteiger charge is 2.20. The van der Waals surface area contributed by atoms with Crippen molar-refractivity contribution in [1.29, 1.82) is 0 Å². The zero-order valence-corrected chi connectivity index (χ0v) is 19.7. The molecule has 176 valence electrons. The van der Waals surface area contributed by atoms with E-state index in [2.05, 4.69) is 54.2 Å². The van der Waals surface area contributed by atoms with Crippen molar-refractivity contribution in [1.82, 2.24) is 34.3 Å². The van der Waals surface area contributed by atoms with Gasteiger partial charge in [-0.1, -0.05) is 30.3 Å². The van der Waals surface area contributed by atoms with Gasteiger partial charge in [-0.3, -0.25) is 4.68 Å². The lowest BCUT2D eigenvalue weighted by atomic mass is 10.1. The van der Waals surface area contributed by atoms with Gasteiger partial charge in [-0.15, -0.1) is 0 Å². The molecule has 1 saturated heterocycles. The predicted octanol–water partition coefficient (Wildman–Crippen LogP) is 3.23. The molecule has 0 amide bonds. The van der Waals surface area contributed by atoms with E-state index in [9.17, 15) is 0 Å². The second-order valence-electron chi connectivity index (χ2n) is 8.92. The summed E-state index contributed by atoms with van der Waals surface area (Å²) < 4.78 is 3.65. The van der Waals surface area contributed by atoms with Crippen molar-refractivity contribution in [2.45, 2.75) is 12.8 Å². The molecule has 1 fully saturated rings. The second-order valence-corrected chi connectivity index (χ2v) is 8.92. The van der Waals surface area contributed by atoms with Crippen LogP contribution in [0.15, 0.2) is 73.7 Å². The van der Waals surface area contributed by atoms with Crippen LogP contribution in [0.4, 0.5) is 11.6 Å². The molecule has 0 saturated carbocycles. The first-order valence-corrected chi connectivity index (χ1v) is 11.9. The molecule has 1 aliphatic heterocycles. The Labute approximate surface area is 203 Å². The van der Waals surface area contributed by atoms with Crippen molar-refractivity contribution in [3.63, 3.8) is 0 Å². The Bertz CT molecular complexity index is 1420.